The fraction of sp³-hybridized carbons (Fsp3) is 0.800. The number of esters is 1. The van der Waals surface area contributed by atoms with Crippen LogP contribution < -0.4 is 11.1 Å². The molecule has 1 atom stereocenters. The van der Waals surface area contributed by atoms with Crippen molar-refractivity contribution >= 4 is 11.9 Å². The minimum Gasteiger partial charge on any atom is -0.469 e. The van der Waals surface area contributed by atoms with Gasteiger partial charge in [-0.15, -0.1) is 0 Å². The predicted molar refractivity (Wildman–Crippen MR) is 57.1 cm³/mol. The average Bonchev–Trinajstić information content (AvgIpc) is 2.11. The van der Waals surface area contributed by atoms with Crippen molar-refractivity contribution < 1.29 is 14.3 Å². The quantitative estimate of drug-likeness (QED) is 0.614. The molecule has 5 heteroatoms. The molecule has 1 unspecified atom stereocenters. The van der Waals surface area contributed by atoms with Gasteiger partial charge in [-0.2, -0.15) is 0 Å². The molecule has 88 valence electrons. The van der Waals surface area contributed by atoms with Gasteiger partial charge in [0.2, 0.25) is 5.91 Å². The molecule has 0 aromatic rings. The Balaban J connectivity index is 4.02. The Kier molecular flexibility index (Phi) is 5.28. The Morgan fingerprint density at radius 3 is 2.40 bits per heavy atom. The van der Waals surface area contributed by atoms with Crippen LogP contribution >= 0.6 is 0 Å². The molecule has 1 amide bonds. The molecule has 0 aliphatic rings. The van der Waals surface area contributed by atoms with E-state index >= 15 is 0 Å². The summed E-state index contributed by atoms with van der Waals surface area (Å²) in [5.41, 5.74) is 4.71. The second-order valence-electron chi connectivity index (χ2n) is 4.33. The number of rotatable bonds is 6. The maximum absolute atomic E-state index is 11.1. The SMILES string of the molecule is COC(=O)C(C)CNC(C)(C)CC(N)=O. The third-order valence-corrected chi connectivity index (χ3v) is 2.11. The standard InChI is InChI=1S/C10H20N2O3/c1-7(9(14)15-4)6-12-10(2,3)5-8(11)13/h7,12H,5-6H2,1-4H3,(H2,11,13). The molecule has 0 aromatic carbocycles. The summed E-state index contributed by atoms with van der Waals surface area (Å²) in [6.45, 7) is 5.95. The topological polar surface area (TPSA) is 81.4 Å². The minimum absolute atomic E-state index is 0.234. The largest absolute Gasteiger partial charge is 0.469 e. The lowest BCUT2D eigenvalue weighted by Gasteiger charge is -2.26. The molecule has 0 aliphatic carbocycles. The molecule has 15 heavy (non-hydrogen) atoms. The highest BCUT2D eigenvalue weighted by Gasteiger charge is 2.22. The molecule has 0 fully saturated rings. The van der Waals surface area contributed by atoms with Gasteiger partial charge in [0.1, 0.15) is 0 Å². The van der Waals surface area contributed by atoms with Gasteiger partial charge in [-0.25, -0.2) is 0 Å². The van der Waals surface area contributed by atoms with Crippen LogP contribution in [0.1, 0.15) is 27.2 Å². The summed E-state index contributed by atoms with van der Waals surface area (Å²) in [7, 11) is 1.35. The summed E-state index contributed by atoms with van der Waals surface area (Å²) in [6.07, 6.45) is 0.237. The third kappa shape index (κ3) is 6.06. The molecular weight excluding hydrogens is 196 g/mol. The summed E-state index contributed by atoms with van der Waals surface area (Å²) in [5.74, 6) is -0.863. The van der Waals surface area contributed by atoms with Gasteiger partial charge in [0, 0.05) is 18.5 Å². The van der Waals surface area contributed by atoms with Crippen LogP contribution in [0.3, 0.4) is 0 Å². The van der Waals surface area contributed by atoms with E-state index in [0.717, 1.165) is 0 Å². The van der Waals surface area contributed by atoms with E-state index in [2.05, 4.69) is 10.1 Å². The smallest absolute Gasteiger partial charge is 0.309 e. The van der Waals surface area contributed by atoms with Gasteiger partial charge in [-0.05, 0) is 13.8 Å². The Morgan fingerprint density at radius 2 is 2.00 bits per heavy atom. The number of hydrogen-bond acceptors (Lipinski definition) is 4. The van der Waals surface area contributed by atoms with Crippen LogP contribution in [-0.2, 0) is 14.3 Å². The van der Waals surface area contributed by atoms with Crippen molar-refractivity contribution in [1.29, 1.82) is 0 Å². The molecule has 0 saturated heterocycles. The van der Waals surface area contributed by atoms with Crippen LogP contribution in [0.25, 0.3) is 0 Å². The molecular formula is C10H20N2O3. The number of nitrogens with one attached hydrogen (secondary N) is 1. The molecule has 0 saturated carbocycles. The van der Waals surface area contributed by atoms with Crippen LogP contribution in [-0.4, -0.2) is 31.1 Å². The molecule has 0 heterocycles. The van der Waals surface area contributed by atoms with Crippen LogP contribution in [0.4, 0.5) is 0 Å². The Hall–Kier alpha value is -1.10. The summed E-state index contributed by atoms with van der Waals surface area (Å²) < 4.78 is 4.59. The zero-order valence-electron chi connectivity index (χ0n) is 9.79. The van der Waals surface area contributed by atoms with Gasteiger partial charge in [0.15, 0.2) is 0 Å². The summed E-state index contributed by atoms with van der Waals surface area (Å²) in [4.78, 5) is 21.8. The summed E-state index contributed by atoms with van der Waals surface area (Å²) >= 11 is 0. The maximum Gasteiger partial charge on any atom is 0.309 e. The number of carbonyl (C=O) groups excluding carboxylic acids is 2. The fourth-order valence-electron chi connectivity index (χ4n) is 1.21. The number of amides is 1. The molecule has 3 N–H and O–H groups in total. The highest BCUT2D eigenvalue weighted by molar-refractivity contribution is 5.75. The van der Waals surface area contributed by atoms with E-state index in [1.54, 1.807) is 6.92 Å². The van der Waals surface area contributed by atoms with Gasteiger partial charge >= 0.3 is 5.97 Å². The number of carbonyl (C=O) groups is 2. The first-order valence-corrected chi connectivity index (χ1v) is 4.89. The Bertz CT molecular complexity index is 239. The van der Waals surface area contributed by atoms with Crippen molar-refractivity contribution in [3.63, 3.8) is 0 Å². The molecule has 0 aliphatic heterocycles. The number of nitrogens with two attached hydrogens (primary N) is 1. The van der Waals surface area contributed by atoms with E-state index in [1.165, 1.54) is 7.11 Å². The van der Waals surface area contributed by atoms with E-state index in [1.807, 2.05) is 13.8 Å². The highest BCUT2D eigenvalue weighted by atomic mass is 16.5. The molecule has 0 rings (SSSR count). The normalized spacial score (nSPS) is 13.3. The first-order valence-electron chi connectivity index (χ1n) is 4.89. The zero-order chi connectivity index (χ0) is 12.1. The Morgan fingerprint density at radius 1 is 1.47 bits per heavy atom. The lowest BCUT2D eigenvalue weighted by molar-refractivity contribution is -0.144. The molecule has 0 spiro atoms. The van der Waals surface area contributed by atoms with Crippen molar-refractivity contribution in [3.05, 3.63) is 0 Å². The highest BCUT2D eigenvalue weighted by Crippen LogP contribution is 2.08. The zero-order valence-corrected chi connectivity index (χ0v) is 9.79. The third-order valence-electron chi connectivity index (χ3n) is 2.11. The van der Waals surface area contributed by atoms with E-state index < -0.39 is 5.54 Å². The summed E-state index contributed by atoms with van der Waals surface area (Å²) in [5, 5.41) is 3.10. The van der Waals surface area contributed by atoms with Crippen molar-refractivity contribution in [1.82, 2.24) is 5.32 Å². The molecule has 5 nitrogen and oxygen atoms in total. The van der Waals surface area contributed by atoms with E-state index in [4.69, 9.17) is 5.73 Å². The average molecular weight is 216 g/mol. The van der Waals surface area contributed by atoms with Crippen molar-refractivity contribution in [2.75, 3.05) is 13.7 Å². The van der Waals surface area contributed by atoms with Crippen LogP contribution in [0, 0.1) is 5.92 Å². The Labute approximate surface area is 90.4 Å². The molecule has 0 aromatic heterocycles. The van der Waals surface area contributed by atoms with Gasteiger partial charge in [0.25, 0.3) is 0 Å². The monoisotopic (exact) mass is 216 g/mol. The van der Waals surface area contributed by atoms with Crippen molar-refractivity contribution in [3.8, 4) is 0 Å². The van der Waals surface area contributed by atoms with Gasteiger partial charge in [-0.1, -0.05) is 6.92 Å². The predicted octanol–water partition coefficient (Wildman–Crippen LogP) is 0.0391. The number of methoxy groups -OCH3 is 1. The second-order valence-corrected chi connectivity index (χ2v) is 4.33. The molecule has 0 bridgehead atoms. The molecule has 0 radical (unpaired) electrons. The van der Waals surface area contributed by atoms with E-state index in [-0.39, 0.29) is 24.2 Å². The minimum atomic E-state index is -0.395. The van der Waals surface area contributed by atoms with Crippen molar-refractivity contribution in [2.45, 2.75) is 32.7 Å². The van der Waals surface area contributed by atoms with Crippen LogP contribution in [0.2, 0.25) is 0 Å². The first-order chi connectivity index (χ1) is 6.78. The van der Waals surface area contributed by atoms with E-state index in [9.17, 15) is 9.59 Å². The lowest BCUT2D eigenvalue weighted by atomic mass is 9.99. The first kappa shape index (κ1) is 13.9. The second kappa shape index (κ2) is 5.70. The fourth-order valence-corrected chi connectivity index (χ4v) is 1.21. The van der Waals surface area contributed by atoms with E-state index in [0.29, 0.717) is 6.54 Å². The number of primary amides is 1. The maximum atomic E-state index is 11.1. The lowest BCUT2D eigenvalue weighted by Crippen LogP contribution is -2.45. The van der Waals surface area contributed by atoms with Crippen molar-refractivity contribution in [2.24, 2.45) is 11.7 Å². The summed E-state index contributed by atoms with van der Waals surface area (Å²) in [6, 6.07) is 0. The van der Waals surface area contributed by atoms with Gasteiger partial charge in [-0.3, -0.25) is 9.59 Å². The van der Waals surface area contributed by atoms with Crippen LogP contribution in [0.5, 0.6) is 0 Å². The van der Waals surface area contributed by atoms with Crippen LogP contribution in [0.15, 0.2) is 0 Å². The number of hydrogen-bond donors (Lipinski definition) is 2. The van der Waals surface area contributed by atoms with Gasteiger partial charge in [0.05, 0.1) is 13.0 Å². The number of ether oxygens (including phenoxy) is 1. The van der Waals surface area contributed by atoms with Gasteiger partial charge < -0.3 is 15.8 Å².